The van der Waals surface area contributed by atoms with Gasteiger partial charge in [0.1, 0.15) is 16.4 Å². The summed E-state index contributed by atoms with van der Waals surface area (Å²) in [6, 6.07) is 22.9. The van der Waals surface area contributed by atoms with Crippen molar-refractivity contribution in [2.24, 2.45) is 0 Å². The fourth-order valence-corrected chi connectivity index (χ4v) is 7.05. The highest BCUT2D eigenvalue weighted by Gasteiger charge is 2.57. The standard InChI is InChI=1S/C25H26N2O4S/c1-30-22-8-4-3-7-19(22)17-11-13-18(14-12-17)25-20-15-26-16-21(25)27(20)32(28,29)24-10-6-5-9-23(24)31-2/h3-14,20-21,25-26H,15-16H2,1-2H3/t20-,21+,25?. The fraction of sp³-hybridized carbons (Fsp3) is 0.280. The Kier molecular flexibility index (Phi) is 5.41. The predicted molar refractivity (Wildman–Crippen MR) is 124 cm³/mol. The monoisotopic (exact) mass is 450 g/mol. The third-order valence-corrected chi connectivity index (χ3v) is 8.52. The highest BCUT2D eigenvalue weighted by molar-refractivity contribution is 7.89. The molecule has 0 aliphatic carbocycles. The molecule has 5 rings (SSSR count). The van der Waals surface area contributed by atoms with E-state index in [1.807, 2.05) is 24.3 Å². The second kappa shape index (κ2) is 8.24. The van der Waals surface area contributed by atoms with E-state index in [1.54, 1.807) is 35.7 Å². The van der Waals surface area contributed by atoms with Gasteiger partial charge >= 0.3 is 0 Å². The van der Waals surface area contributed by atoms with E-state index < -0.39 is 10.0 Å². The van der Waals surface area contributed by atoms with Gasteiger partial charge in [-0.3, -0.25) is 0 Å². The highest BCUT2D eigenvalue weighted by Crippen LogP contribution is 2.47. The summed E-state index contributed by atoms with van der Waals surface area (Å²) in [7, 11) is -0.481. The number of nitrogens with zero attached hydrogens (tertiary/aromatic N) is 1. The Hall–Kier alpha value is -2.87. The van der Waals surface area contributed by atoms with Crippen molar-refractivity contribution in [3.8, 4) is 22.6 Å². The number of methoxy groups -OCH3 is 2. The van der Waals surface area contributed by atoms with Crippen LogP contribution in [0.15, 0.2) is 77.7 Å². The van der Waals surface area contributed by atoms with Crippen molar-refractivity contribution in [2.45, 2.75) is 22.9 Å². The summed E-state index contributed by atoms with van der Waals surface area (Å²) in [5.74, 6) is 1.37. The molecular weight excluding hydrogens is 424 g/mol. The fourth-order valence-electron chi connectivity index (χ4n) is 5.04. The quantitative estimate of drug-likeness (QED) is 0.623. The van der Waals surface area contributed by atoms with E-state index in [0.29, 0.717) is 18.8 Å². The van der Waals surface area contributed by atoms with Gasteiger partial charge in [0.2, 0.25) is 10.0 Å². The van der Waals surface area contributed by atoms with Crippen molar-refractivity contribution >= 4 is 10.0 Å². The van der Waals surface area contributed by atoms with Crippen LogP contribution in [-0.2, 0) is 10.0 Å². The maximum Gasteiger partial charge on any atom is 0.247 e. The van der Waals surface area contributed by atoms with Crippen LogP contribution in [0.25, 0.3) is 11.1 Å². The summed E-state index contributed by atoms with van der Waals surface area (Å²) in [6.07, 6.45) is 0. The van der Waals surface area contributed by atoms with Crippen LogP contribution in [0.1, 0.15) is 11.5 Å². The zero-order chi connectivity index (χ0) is 22.3. The van der Waals surface area contributed by atoms with Gasteiger partial charge in [-0.1, -0.05) is 54.6 Å². The highest BCUT2D eigenvalue weighted by atomic mass is 32.2. The smallest absolute Gasteiger partial charge is 0.247 e. The summed E-state index contributed by atoms with van der Waals surface area (Å²) in [5, 5.41) is 3.36. The first-order valence-electron chi connectivity index (χ1n) is 10.7. The average Bonchev–Trinajstić information content (AvgIpc) is 2.84. The lowest BCUT2D eigenvalue weighted by Gasteiger charge is -2.57. The number of piperidine rings is 1. The number of para-hydroxylation sites is 2. The molecule has 7 heteroatoms. The Morgan fingerprint density at radius 1 is 0.812 bits per heavy atom. The summed E-state index contributed by atoms with van der Waals surface area (Å²) in [6.45, 7) is 1.26. The van der Waals surface area contributed by atoms with Gasteiger partial charge in [0.05, 0.1) is 14.2 Å². The predicted octanol–water partition coefficient (Wildman–Crippen LogP) is 3.50. The summed E-state index contributed by atoms with van der Waals surface area (Å²) >= 11 is 0. The second-order valence-electron chi connectivity index (χ2n) is 8.13. The van der Waals surface area contributed by atoms with Crippen molar-refractivity contribution in [2.75, 3.05) is 27.3 Å². The number of nitrogens with one attached hydrogen (secondary N) is 1. The topological polar surface area (TPSA) is 67.9 Å². The molecule has 166 valence electrons. The third-order valence-electron chi connectivity index (χ3n) is 6.53. The second-order valence-corrected chi connectivity index (χ2v) is 9.94. The van der Waals surface area contributed by atoms with Crippen LogP contribution in [0.2, 0.25) is 0 Å². The van der Waals surface area contributed by atoms with Gasteiger partial charge in [0, 0.05) is 36.7 Å². The molecule has 2 saturated heterocycles. The molecule has 0 amide bonds. The molecule has 3 atom stereocenters. The molecular formula is C25H26N2O4S. The molecule has 1 N–H and O–H groups in total. The molecule has 2 aliphatic rings. The largest absolute Gasteiger partial charge is 0.496 e. The number of benzene rings is 3. The Bertz CT molecular complexity index is 1210. The molecule has 32 heavy (non-hydrogen) atoms. The van der Waals surface area contributed by atoms with Gasteiger partial charge in [0.25, 0.3) is 0 Å². The number of hydrogen-bond acceptors (Lipinski definition) is 5. The zero-order valence-electron chi connectivity index (χ0n) is 18.1. The van der Waals surface area contributed by atoms with Crippen LogP contribution in [0.3, 0.4) is 0 Å². The zero-order valence-corrected chi connectivity index (χ0v) is 18.9. The molecule has 0 saturated carbocycles. The van der Waals surface area contributed by atoms with E-state index in [1.165, 1.54) is 7.11 Å². The Labute approximate surface area is 188 Å². The molecule has 0 radical (unpaired) electrons. The molecule has 1 unspecified atom stereocenters. The molecule has 3 aromatic carbocycles. The van der Waals surface area contributed by atoms with E-state index in [2.05, 4.69) is 29.6 Å². The Morgan fingerprint density at radius 3 is 2.06 bits per heavy atom. The normalized spacial score (nSPS) is 22.8. The van der Waals surface area contributed by atoms with E-state index >= 15 is 0 Å². The minimum absolute atomic E-state index is 0.124. The van der Waals surface area contributed by atoms with Crippen LogP contribution in [0, 0.1) is 0 Å². The van der Waals surface area contributed by atoms with E-state index in [-0.39, 0.29) is 22.9 Å². The first-order chi connectivity index (χ1) is 15.6. The van der Waals surface area contributed by atoms with Gasteiger partial charge in [0.15, 0.2) is 0 Å². The molecule has 0 aromatic heterocycles. The first kappa shape index (κ1) is 21.0. The maximum absolute atomic E-state index is 13.5. The van der Waals surface area contributed by atoms with Crippen molar-refractivity contribution in [1.82, 2.24) is 9.62 Å². The summed E-state index contributed by atoms with van der Waals surface area (Å²) < 4.78 is 39.5. The van der Waals surface area contributed by atoms with Gasteiger partial charge in [-0.15, -0.1) is 0 Å². The SMILES string of the molecule is COc1ccccc1-c1ccc(C2[C@H]3CNC[C@@H]2N3S(=O)(=O)c2ccccc2OC)cc1. The third kappa shape index (κ3) is 3.28. The lowest BCUT2D eigenvalue weighted by molar-refractivity contribution is 0.0369. The molecule has 2 fully saturated rings. The summed E-state index contributed by atoms with van der Waals surface area (Å²) in [5.41, 5.74) is 3.27. The van der Waals surface area contributed by atoms with Crippen molar-refractivity contribution in [3.05, 3.63) is 78.4 Å². The van der Waals surface area contributed by atoms with Crippen LogP contribution in [0.5, 0.6) is 11.5 Å². The lowest BCUT2D eigenvalue weighted by Crippen LogP contribution is -2.73. The van der Waals surface area contributed by atoms with Gasteiger partial charge < -0.3 is 14.8 Å². The van der Waals surface area contributed by atoms with E-state index in [9.17, 15) is 8.42 Å². The van der Waals surface area contributed by atoms with E-state index in [0.717, 1.165) is 22.4 Å². The Balaban J connectivity index is 1.43. The van der Waals surface area contributed by atoms with Crippen LogP contribution >= 0.6 is 0 Å². The van der Waals surface area contributed by atoms with Gasteiger partial charge in [-0.2, -0.15) is 4.31 Å². The lowest BCUT2D eigenvalue weighted by atomic mass is 9.74. The van der Waals surface area contributed by atoms with Crippen LogP contribution < -0.4 is 14.8 Å². The number of ether oxygens (including phenoxy) is 2. The number of rotatable bonds is 6. The molecule has 0 spiro atoms. The van der Waals surface area contributed by atoms with Crippen molar-refractivity contribution in [1.29, 1.82) is 0 Å². The number of fused-ring (bicyclic) bond motifs is 2. The molecule has 2 aliphatic heterocycles. The first-order valence-corrected chi connectivity index (χ1v) is 12.1. The Morgan fingerprint density at radius 2 is 1.41 bits per heavy atom. The van der Waals surface area contributed by atoms with E-state index in [4.69, 9.17) is 9.47 Å². The summed E-state index contributed by atoms with van der Waals surface area (Å²) in [4.78, 5) is 0.226. The van der Waals surface area contributed by atoms with Crippen LogP contribution in [-0.4, -0.2) is 52.1 Å². The minimum Gasteiger partial charge on any atom is -0.496 e. The van der Waals surface area contributed by atoms with Crippen molar-refractivity contribution < 1.29 is 17.9 Å². The molecule has 2 bridgehead atoms. The maximum atomic E-state index is 13.5. The molecule has 3 aromatic rings. The van der Waals surface area contributed by atoms with Crippen molar-refractivity contribution in [3.63, 3.8) is 0 Å². The van der Waals surface area contributed by atoms with Gasteiger partial charge in [-0.25, -0.2) is 8.42 Å². The number of sulfonamides is 1. The molecule has 6 nitrogen and oxygen atoms in total. The number of piperazine rings is 1. The molecule has 2 heterocycles. The van der Waals surface area contributed by atoms with Crippen LogP contribution in [0.4, 0.5) is 0 Å². The average molecular weight is 451 g/mol. The van der Waals surface area contributed by atoms with Gasteiger partial charge in [-0.05, 0) is 29.3 Å². The minimum atomic E-state index is -3.65. The number of hydrogen-bond donors (Lipinski definition) is 1.